The van der Waals surface area contributed by atoms with Crippen molar-refractivity contribution in [2.45, 2.75) is 335 Å². The lowest BCUT2D eigenvalue weighted by molar-refractivity contribution is 0.405. The van der Waals surface area contributed by atoms with E-state index in [2.05, 4.69) is 49.0 Å². The third-order valence-electron chi connectivity index (χ3n) is 14.1. The van der Waals surface area contributed by atoms with Gasteiger partial charge in [0.25, 0.3) is 0 Å². The van der Waals surface area contributed by atoms with Crippen LogP contribution in [0.2, 0.25) is 0 Å². The van der Waals surface area contributed by atoms with E-state index < -0.39 is 0 Å². The van der Waals surface area contributed by atoms with Crippen molar-refractivity contribution in [2.75, 3.05) is 39.3 Å². The van der Waals surface area contributed by atoms with Crippen molar-refractivity contribution in [1.82, 2.24) is 21.3 Å². The standard InChI is InChI=1S/C58H122N4/c1-5-9-13-17-21-25-29-33-37-41-45-49-58(50-46-42-38-34-30-26-22-18-14-10-6-2)62-56-54-60-52-51-59-53-55-61-57(47-43-39-35-31-27-23-19-15-11-7-3)48-44-40-36-32-28-24-20-16-12-8-4/h57-62H,5-56H2,1-4H3. The fraction of sp³-hybridized carbons (Fsp3) is 1.00. The molecule has 4 N–H and O–H groups in total. The maximum absolute atomic E-state index is 4.00. The first-order chi connectivity index (χ1) is 30.8. The average Bonchev–Trinajstić information content (AvgIpc) is 3.28. The van der Waals surface area contributed by atoms with Gasteiger partial charge in [-0.2, -0.15) is 0 Å². The zero-order valence-electron chi connectivity index (χ0n) is 43.9. The molecule has 0 amide bonds. The fourth-order valence-electron chi connectivity index (χ4n) is 9.72. The van der Waals surface area contributed by atoms with E-state index in [9.17, 15) is 0 Å². The second-order valence-electron chi connectivity index (χ2n) is 20.4. The van der Waals surface area contributed by atoms with Crippen molar-refractivity contribution in [1.29, 1.82) is 0 Å². The van der Waals surface area contributed by atoms with Crippen molar-refractivity contribution in [2.24, 2.45) is 0 Å². The summed E-state index contributed by atoms with van der Waals surface area (Å²) in [5.41, 5.74) is 0. The summed E-state index contributed by atoms with van der Waals surface area (Å²) in [4.78, 5) is 0. The topological polar surface area (TPSA) is 48.1 Å². The largest absolute Gasteiger partial charge is 0.314 e. The Kier molecular flexibility index (Phi) is 56.8. The van der Waals surface area contributed by atoms with Gasteiger partial charge in [-0.1, -0.05) is 297 Å². The molecule has 0 aromatic carbocycles. The lowest BCUT2D eigenvalue weighted by atomic mass is 9.99. The molecule has 0 saturated carbocycles. The molecule has 0 bridgehead atoms. The molecule has 0 aromatic heterocycles. The van der Waals surface area contributed by atoms with Crippen LogP contribution in [0.15, 0.2) is 0 Å². The first-order valence-corrected chi connectivity index (χ1v) is 29.7. The molecule has 0 aliphatic heterocycles. The Morgan fingerprint density at radius 3 is 0.548 bits per heavy atom. The van der Waals surface area contributed by atoms with E-state index in [-0.39, 0.29) is 0 Å². The number of nitrogens with one attached hydrogen (secondary N) is 4. The maximum Gasteiger partial charge on any atom is 0.00793 e. The van der Waals surface area contributed by atoms with Crippen LogP contribution in [0.5, 0.6) is 0 Å². The summed E-state index contributed by atoms with van der Waals surface area (Å²) in [5, 5.41) is 15.5. The van der Waals surface area contributed by atoms with Crippen LogP contribution in [0.3, 0.4) is 0 Å². The molecule has 0 fully saturated rings. The van der Waals surface area contributed by atoms with Gasteiger partial charge in [-0.25, -0.2) is 0 Å². The van der Waals surface area contributed by atoms with E-state index in [4.69, 9.17) is 0 Å². The average molecular weight is 876 g/mol. The molecule has 4 nitrogen and oxygen atoms in total. The van der Waals surface area contributed by atoms with E-state index in [1.165, 1.54) is 295 Å². The summed E-state index contributed by atoms with van der Waals surface area (Å²) < 4.78 is 0. The van der Waals surface area contributed by atoms with Crippen LogP contribution < -0.4 is 21.3 Å². The maximum atomic E-state index is 4.00. The molecule has 0 rings (SSSR count). The van der Waals surface area contributed by atoms with Crippen LogP contribution in [0, 0.1) is 0 Å². The van der Waals surface area contributed by atoms with E-state index in [0.717, 1.165) is 39.3 Å². The third-order valence-corrected chi connectivity index (χ3v) is 14.1. The highest BCUT2D eigenvalue weighted by Gasteiger charge is 2.10. The fourth-order valence-corrected chi connectivity index (χ4v) is 9.72. The van der Waals surface area contributed by atoms with E-state index in [1.807, 2.05) is 0 Å². The summed E-state index contributed by atoms with van der Waals surface area (Å²) in [6.45, 7) is 15.8. The third kappa shape index (κ3) is 52.5. The predicted octanol–water partition coefficient (Wildman–Crippen LogP) is 18.1. The lowest BCUT2D eigenvalue weighted by Crippen LogP contribution is -2.39. The Hall–Kier alpha value is -0.160. The summed E-state index contributed by atoms with van der Waals surface area (Å²) >= 11 is 0. The molecule has 0 aliphatic carbocycles. The second kappa shape index (κ2) is 57.0. The van der Waals surface area contributed by atoms with Crippen molar-refractivity contribution >= 4 is 0 Å². The summed E-state index contributed by atoms with van der Waals surface area (Å²) in [6.07, 6.45) is 65.9. The van der Waals surface area contributed by atoms with Crippen LogP contribution in [0.25, 0.3) is 0 Å². The SMILES string of the molecule is CCCCCCCCCCCCCC(CCCCCCCCCCCCC)NCCNCCNCCNC(CCCCCCCCCCCC)CCCCCCCCCCCC. The lowest BCUT2D eigenvalue weighted by Gasteiger charge is -2.20. The molecule has 0 heterocycles. The van der Waals surface area contributed by atoms with Gasteiger partial charge < -0.3 is 21.3 Å². The molecular formula is C58H122N4. The number of rotatable bonds is 57. The summed E-state index contributed by atoms with van der Waals surface area (Å²) in [5.74, 6) is 0. The Morgan fingerprint density at radius 2 is 0.355 bits per heavy atom. The van der Waals surface area contributed by atoms with E-state index >= 15 is 0 Å². The molecule has 0 aromatic rings. The summed E-state index contributed by atoms with van der Waals surface area (Å²) in [7, 11) is 0. The molecule has 0 unspecified atom stereocenters. The highest BCUT2D eigenvalue weighted by Crippen LogP contribution is 2.18. The molecule has 0 atom stereocenters. The number of hydrogen-bond acceptors (Lipinski definition) is 4. The first-order valence-electron chi connectivity index (χ1n) is 29.7. The van der Waals surface area contributed by atoms with Gasteiger partial charge >= 0.3 is 0 Å². The molecule has 62 heavy (non-hydrogen) atoms. The van der Waals surface area contributed by atoms with Gasteiger partial charge in [0.1, 0.15) is 0 Å². The Labute approximate surface area is 394 Å². The van der Waals surface area contributed by atoms with Crippen molar-refractivity contribution in [3.05, 3.63) is 0 Å². The Morgan fingerprint density at radius 1 is 0.194 bits per heavy atom. The minimum atomic E-state index is 0.715. The number of hydrogen-bond donors (Lipinski definition) is 4. The molecule has 0 radical (unpaired) electrons. The van der Waals surface area contributed by atoms with Gasteiger partial charge in [0, 0.05) is 51.4 Å². The van der Waals surface area contributed by atoms with Gasteiger partial charge in [-0.05, 0) is 25.7 Å². The van der Waals surface area contributed by atoms with Crippen molar-refractivity contribution in [3.63, 3.8) is 0 Å². The smallest absolute Gasteiger partial charge is 0.00793 e. The molecule has 0 aliphatic rings. The molecule has 4 heteroatoms. The van der Waals surface area contributed by atoms with Crippen LogP contribution in [0.4, 0.5) is 0 Å². The van der Waals surface area contributed by atoms with Crippen molar-refractivity contribution in [3.8, 4) is 0 Å². The molecule has 0 saturated heterocycles. The molecular weight excluding hydrogens is 753 g/mol. The van der Waals surface area contributed by atoms with Crippen molar-refractivity contribution < 1.29 is 0 Å². The zero-order chi connectivity index (χ0) is 44.8. The Balaban J connectivity index is 4.32. The highest BCUT2D eigenvalue weighted by molar-refractivity contribution is 4.71. The van der Waals surface area contributed by atoms with Crippen LogP contribution in [0.1, 0.15) is 323 Å². The minimum absolute atomic E-state index is 0.715. The van der Waals surface area contributed by atoms with Crippen LogP contribution in [-0.4, -0.2) is 51.4 Å². The van der Waals surface area contributed by atoms with Gasteiger partial charge in [-0.3, -0.25) is 0 Å². The Bertz CT molecular complexity index is 710. The van der Waals surface area contributed by atoms with Crippen LogP contribution in [-0.2, 0) is 0 Å². The van der Waals surface area contributed by atoms with Gasteiger partial charge in [0.15, 0.2) is 0 Å². The normalized spacial score (nSPS) is 11.9. The second-order valence-corrected chi connectivity index (χ2v) is 20.4. The monoisotopic (exact) mass is 875 g/mol. The molecule has 374 valence electrons. The van der Waals surface area contributed by atoms with Gasteiger partial charge in [0.05, 0.1) is 0 Å². The predicted molar refractivity (Wildman–Crippen MR) is 284 cm³/mol. The summed E-state index contributed by atoms with van der Waals surface area (Å²) in [6, 6.07) is 1.43. The van der Waals surface area contributed by atoms with E-state index in [0.29, 0.717) is 12.1 Å². The minimum Gasteiger partial charge on any atom is -0.314 e. The first kappa shape index (κ1) is 61.8. The van der Waals surface area contributed by atoms with E-state index in [1.54, 1.807) is 0 Å². The van der Waals surface area contributed by atoms with Gasteiger partial charge in [-0.15, -0.1) is 0 Å². The molecule has 0 spiro atoms. The quantitative estimate of drug-likeness (QED) is 0.0460. The van der Waals surface area contributed by atoms with Crippen LogP contribution >= 0.6 is 0 Å². The zero-order valence-corrected chi connectivity index (χ0v) is 43.9. The number of unbranched alkanes of at least 4 members (excludes halogenated alkanes) is 38. The highest BCUT2D eigenvalue weighted by atomic mass is 15.0. The van der Waals surface area contributed by atoms with Gasteiger partial charge in [0.2, 0.25) is 0 Å².